The van der Waals surface area contributed by atoms with Crippen LogP contribution in [0.3, 0.4) is 0 Å². The fraction of sp³-hybridized carbons (Fsp3) is 0.571. The molecule has 1 aliphatic heterocycles. The normalized spacial score (nSPS) is 16.0. The maximum absolute atomic E-state index is 12.2. The molecule has 1 fully saturated rings. The summed E-state index contributed by atoms with van der Waals surface area (Å²) in [6.45, 7) is 6.03. The summed E-state index contributed by atoms with van der Waals surface area (Å²) in [5, 5.41) is 8.09. The Hall–Kier alpha value is -1.96. The van der Waals surface area contributed by atoms with Gasteiger partial charge in [0.25, 0.3) is 0 Å². The van der Waals surface area contributed by atoms with Crippen molar-refractivity contribution in [3.05, 3.63) is 28.2 Å². The van der Waals surface area contributed by atoms with Crippen LogP contribution in [0.1, 0.15) is 34.5 Å². The highest BCUT2D eigenvalue weighted by Crippen LogP contribution is 2.21. The first-order valence-electron chi connectivity index (χ1n) is 7.43. The van der Waals surface area contributed by atoms with Crippen molar-refractivity contribution in [3.8, 4) is 0 Å². The zero-order valence-electron chi connectivity index (χ0n) is 12.8. The van der Waals surface area contributed by atoms with E-state index in [-0.39, 0.29) is 6.03 Å². The fourth-order valence-electron chi connectivity index (χ4n) is 2.62. The summed E-state index contributed by atoms with van der Waals surface area (Å²) < 4.78 is 1.89. The molecular formula is C14H20N6OS. The van der Waals surface area contributed by atoms with Gasteiger partial charge in [0, 0.05) is 18.0 Å². The van der Waals surface area contributed by atoms with E-state index in [2.05, 4.69) is 20.4 Å². The molecule has 2 aromatic heterocycles. The van der Waals surface area contributed by atoms with Gasteiger partial charge in [-0.25, -0.2) is 19.4 Å². The van der Waals surface area contributed by atoms with Crippen LogP contribution in [0, 0.1) is 13.8 Å². The molecule has 2 aromatic rings. The van der Waals surface area contributed by atoms with Gasteiger partial charge in [-0.05, 0) is 26.7 Å². The summed E-state index contributed by atoms with van der Waals surface area (Å²) in [6, 6.07) is 0.332. The minimum atomic E-state index is -0.0115. The Morgan fingerprint density at radius 3 is 2.77 bits per heavy atom. The second-order valence-corrected chi connectivity index (χ2v) is 6.79. The average molecular weight is 320 g/mol. The number of hydrogen-bond donors (Lipinski definition) is 1. The largest absolute Gasteiger partial charge is 0.331 e. The molecule has 0 unspecified atom stereocenters. The molecular weight excluding hydrogens is 300 g/mol. The first-order valence-corrected chi connectivity index (χ1v) is 8.25. The first-order chi connectivity index (χ1) is 10.6. The predicted molar refractivity (Wildman–Crippen MR) is 83.7 cm³/mol. The van der Waals surface area contributed by atoms with Gasteiger partial charge in [-0.3, -0.25) is 0 Å². The van der Waals surface area contributed by atoms with E-state index in [1.807, 2.05) is 23.4 Å². The van der Waals surface area contributed by atoms with Crippen LogP contribution in [-0.4, -0.2) is 43.8 Å². The van der Waals surface area contributed by atoms with Gasteiger partial charge in [-0.15, -0.1) is 11.3 Å². The summed E-state index contributed by atoms with van der Waals surface area (Å²) >= 11 is 1.64. The van der Waals surface area contributed by atoms with Gasteiger partial charge in [0.2, 0.25) is 0 Å². The van der Waals surface area contributed by atoms with E-state index in [1.54, 1.807) is 24.0 Å². The summed E-state index contributed by atoms with van der Waals surface area (Å²) in [6.07, 6.45) is 5.11. The Labute approximate surface area is 133 Å². The Morgan fingerprint density at radius 1 is 1.41 bits per heavy atom. The van der Waals surface area contributed by atoms with E-state index in [0.29, 0.717) is 12.6 Å². The van der Waals surface area contributed by atoms with Crippen LogP contribution >= 0.6 is 11.3 Å². The number of carbonyl (C=O) groups is 1. The van der Waals surface area contributed by atoms with Crippen LogP contribution in [0.25, 0.3) is 0 Å². The molecule has 0 bridgehead atoms. The van der Waals surface area contributed by atoms with Gasteiger partial charge in [-0.1, -0.05) is 0 Å². The maximum Gasteiger partial charge on any atom is 0.317 e. The van der Waals surface area contributed by atoms with E-state index in [1.165, 1.54) is 4.88 Å². The standard InChI is InChI=1S/C14H20N6OS/c1-10-11(2)22-13(18-10)7-16-14(21)19-5-3-12(4-6-19)20-9-15-8-17-20/h8-9,12H,3-7H2,1-2H3,(H,16,21). The van der Waals surface area contributed by atoms with Crippen LogP contribution in [0.15, 0.2) is 12.7 Å². The quantitative estimate of drug-likeness (QED) is 0.937. The number of piperidine rings is 1. The molecule has 0 radical (unpaired) electrons. The minimum absolute atomic E-state index is 0.0115. The zero-order valence-corrected chi connectivity index (χ0v) is 13.6. The van der Waals surface area contributed by atoms with Crippen molar-refractivity contribution < 1.29 is 4.79 Å². The van der Waals surface area contributed by atoms with Crippen molar-refractivity contribution in [2.75, 3.05) is 13.1 Å². The number of carbonyl (C=O) groups excluding carboxylic acids is 1. The predicted octanol–water partition coefficient (Wildman–Crippen LogP) is 1.90. The second-order valence-electron chi connectivity index (χ2n) is 5.50. The van der Waals surface area contributed by atoms with Gasteiger partial charge in [0.1, 0.15) is 17.7 Å². The lowest BCUT2D eigenvalue weighted by Crippen LogP contribution is -2.44. The molecule has 3 heterocycles. The lowest BCUT2D eigenvalue weighted by molar-refractivity contribution is 0.168. The number of thiazole rings is 1. The smallest absolute Gasteiger partial charge is 0.317 e. The molecule has 0 saturated carbocycles. The van der Waals surface area contributed by atoms with Crippen molar-refractivity contribution in [3.63, 3.8) is 0 Å². The number of amides is 2. The van der Waals surface area contributed by atoms with Crippen molar-refractivity contribution in [1.82, 2.24) is 30.0 Å². The lowest BCUT2D eigenvalue weighted by Gasteiger charge is -2.31. The van der Waals surface area contributed by atoms with Crippen molar-refractivity contribution >= 4 is 17.4 Å². The van der Waals surface area contributed by atoms with Gasteiger partial charge in [0.05, 0.1) is 18.3 Å². The number of likely N-dealkylation sites (tertiary alicyclic amines) is 1. The van der Waals surface area contributed by atoms with E-state index in [9.17, 15) is 4.79 Å². The summed E-state index contributed by atoms with van der Waals surface area (Å²) in [5.41, 5.74) is 1.04. The highest BCUT2D eigenvalue weighted by molar-refractivity contribution is 7.11. The molecule has 0 atom stereocenters. The number of aromatic nitrogens is 4. The minimum Gasteiger partial charge on any atom is -0.331 e. The summed E-state index contributed by atoms with van der Waals surface area (Å²) in [4.78, 5) is 23.7. The Bertz CT molecular complexity index is 610. The maximum atomic E-state index is 12.2. The van der Waals surface area contributed by atoms with Gasteiger partial charge < -0.3 is 10.2 Å². The van der Waals surface area contributed by atoms with E-state index in [4.69, 9.17) is 0 Å². The van der Waals surface area contributed by atoms with E-state index < -0.39 is 0 Å². The number of urea groups is 1. The number of nitrogens with one attached hydrogen (secondary N) is 1. The molecule has 1 saturated heterocycles. The SMILES string of the molecule is Cc1nc(CNC(=O)N2CCC(n3cncn3)CC2)sc1C. The number of nitrogens with zero attached hydrogens (tertiary/aromatic N) is 5. The molecule has 0 spiro atoms. The number of aryl methyl sites for hydroxylation is 2. The lowest BCUT2D eigenvalue weighted by atomic mass is 10.1. The van der Waals surface area contributed by atoms with Crippen LogP contribution in [0.5, 0.6) is 0 Å². The third kappa shape index (κ3) is 3.27. The van der Waals surface area contributed by atoms with E-state index in [0.717, 1.165) is 36.6 Å². The number of rotatable bonds is 3. The van der Waals surface area contributed by atoms with Crippen LogP contribution in [-0.2, 0) is 6.54 Å². The van der Waals surface area contributed by atoms with Crippen molar-refractivity contribution in [2.24, 2.45) is 0 Å². The van der Waals surface area contributed by atoms with Crippen LogP contribution in [0.4, 0.5) is 4.79 Å². The van der Waals surface area contributed by atoms with Crippen LogP contribution in [0.2, 0.25) is 0 Å². The summed E-state index contributed by atoms with van der Waals surface area (Å²) in [7, 11) is 0. The summed E-state index contributed by atoms with van der Waals surface area (Å²) in [5.74, 6) is 0. The molecule has 8 heteroatoms. The molecule has 2 amide bonds. The second kappa shape index (κ2) is 6.43. The fourth-order valence-corrected chi connectivity index (χ4v) is 3.49. The molecule has 7 nitrogen and oxygen atoms in total. The third-order valence-corrected chi connectivity index (χ3v) is 5.10. The van der Waals surface area contributed by atoms with Gasteiger partial charge in [0.15, 0.2) is 0 Å². The molecule has 1 N–H and O–H groups in total. The first kappa shape index (κ1) is 15.0. The average Bonchev–Trinajstić information content (AvgIpc) is 3.16. The monoisotopic (exact) mass is 320 g/mol. The van der Waals surface area contributed by atoms with Crippen LogP contribution < -0.4 is 5.32 Å². The third-order valence-electron chi connectivity index (χ3n) is 4.03. The molecule has 0 aromatic carbocycles. The van der Waals surface area contributed by atoms with E-state index >= 15 is 0 Å². The highest BCUT2D eigenvalue weighted by Gasteiger charge is 2.24. The van der Waals surface area contributed by atoms with Gasteiger partial charge >= 0.3 is 6.03 Å². The van der Waals surface area contributed by atoms with Gasteiger partial charge in [-0.2, -0.15) is 5.10 Å². The molecule has 3 rings (SSSR count). The van der Waals surface area contributed by atoms with Crippen molar-refractivity contribution in [2.45, 2.75) is 39.3 Å². The molecule has 1 aliphatic rings. The Balaban J connectivity index is 1.47. The highest BCUT2D eigenvalue weighted by atomic mass is 32.1. The van der Waals surface area contributed by atoms with Crippen molar-refractivity contribution in [1.29, 1.82) is 0 Å². The molecule has 22 heavy (non-hydrogen) atoms. The topological polar surface area (TPSA) is 75.9 Å². The Morgan fingerprint density at radius 2 is 2.18 bits per heavy atom. The zero-order chi connectivity index (χ0) is 15.5. The number of hydrogen-bond acceptors (Lipinski definition) is 5. The molecule has 118 valence electrons. The molecule has 0 aliphatic carbocycles. The Kier molecular flexibility index (Phi) is 4.37.